The molecule has 2 aromatic carbocycles. The number of hydrogen-bond donors (Lipinski definition) is 1. The standard InChI is InChI=1S/C25H23BrN2O4/c1-2-30-21-11-16(18(26)12-22(21)31-14-15-7-4-3-5-8-15)23-17(13-27)25(28)32-20-10-6-9-19(29)24(20)23/h3-5,7-8,11-12,23H,2,6,9-10,14,28H2,1H3/t23-/m0/s1. The van der Waals surface area contributed by atoms with Gasteiger partial charge in [0.25, 0.3) is 0 Å². The van der Waals surface area contributed by atoms with Gasteiger partial charge >= 0.3 is 0 Å². The smallest absolute Gasteiger partial charge is 0.205 e. The number of halogens is 1. The second-order valence-electron chi connectivity index (χ2n) is 7.57. The largest absolute Gasteiger partial charge is 0.490 e. The maximum Gasteiger partial charge on any atom is 0.205 e. The minimum atomic E-state index is -0.617. The summed E-state index contributed by atoms with van der Waals surface area (Å²) in [4.78, 5) is 12.8. The molecule has 7 heteroatoms. The van der Waals surface area contributed by atoms with E-state index in [0.717, 1.165) is 5.56 Å². The van der Waals surface area contributed by atoms with Gasteiger partial charge in [0, 0.05) is 22.9 Å². The zero-order chi connectivity index (χ0) is 22.7. The number of carbonyl (C=O) groups is 1. The number of nitrogens with zero attached hydrogens (tertiary/aromatic N) is 1. The van der Waals surface area contributed by atoms with E-state index in [2.05, 4.69) is 22.0 Å². The van der Waals surface area contributed by atoms with Crippen LogP contribution in [0.1, 0.15) is 43.2 Å². The molecule has 6 nitrogen and oxygen atoms in total. The quantitative estimate of drug-likeness (QED) is 0.589. The van der Waals surface area contributed by atoms with Crippen molar-refractivity contribution in [3.05, 3.63) is 80.9 Å². The predicted octanol–water partition coefficient (Wildman–Crippen LogP) is 5.24. The lowest BCUT2D eigenvalue weighted by molar-refractivity contribution is -0.116. The number of benzene rings is 2. The second-order valence-corrected chi connectivity index (χ2v) is 8.42. The molecular formula is C25H23BrN2O4. The number of nitriles is 1. The normalized spacial score (nSPS) is 18.0. The summed E-state index contributed by atoms with van der Waals surface area (Å²) >= 11 is 3.62. The Kier molecular flexibility index (Phi) is 6.52. The first kappa shape index (κ1) is 22.0. The highest BCUT2D eigenvalue weighted by Gasteiger charge is 2.39. The third-order valence-electron chi connectivity index (χ3n) is 5.52. The van der Waals surface area contributed by atoms with E-state index in [-0.39, 0.29) is 17.2 Å². The minimum Gasteiger partial charge on any atom is -0.490 e. The van der Waals surface area contributed by atoms with E-state index in [0.29, 0.717) is 65.3 Å². The van der Waals surface area contributed by atoms with Gasteiger partial charge in [-0.2, -0.15) is 5.26 Å². The molecule has 1 aliphatic carbocycles. The van der Waals surface area contributed by atoms with E-state index in [1.165, 1.54) is 0 Å². The second kappa shape index (κ2) is 9.49. The van der Waals surface area contributed by atoms with Gasteiger partial charge in [-0.3, -0.25) is 4.79 Å². The number of rotatable bonds is 6. The molecule has 2 aromatic rings. The van der Waals surface area contributed by atoms with Crippen molar-refractivity contribution in [2.45, 2.75) is 38.7 Å². The molecule has 0 spiro atoms. The molecule has 0 saturated heterocycles. The Labute approximate surface area is 195 Å². The molecule has 0 bridgehead atoms. The Bertz CT molecular complexity index is 1150. The molecule has 1 heterocycles. The van der Waals surface area contributed by atoms with Crippen LogP contribution in [0.2, 0.25) is 0 Å². The van der Waals surface area contributed by atoms with Crippen LogP contribution >= 0.6 is 15.9 Å². The van der Waals surface area contributed by atoms with E-state index in [1.54, 1.807) is 0 Å². The van der Waals surface area contributed by atoms with Crippen molar-refractivity contribution >= 4 is 21.7 Å². The summed E-state index contributed by atoms with van der Waals surface area (Å²) in [6.07, 6.45) is 1.74. The monoisotopic (exact) mass is 494 g/mol. The van der Waals surface area contributed by atoms with Crippen LogP contribution in [0.25, 0.3) is 0 Å². The predicted molar refractivity (Wildman–Crippen MR) is 123 cm³/mol. The molecule has 32 heavy (non-hydrogen) atoms. The highest BCUT2D eigenvalue weighted by atomic mass is 79.9. The summed E-state index contributed by atoms with van der Waals surface area (Å²) in [6, 6.07) is 15.6. The van der Waals surface area contributed by atoms with Crippen LogP contribution in [0.4, 0.5) is 0 Å². The molecular weight excluding hydrogens is 472 g/mol. The first-order chi connectivity index (χ1) is 15.5. The van der Waals surface area contributed by atoms with Gasteiger partial charge in [-0.25, -0.2) is 0 Å². The fourth-order valence-electron chi connectivity index (χ4n) is 4.06. The first-order valence-corrected chi connectivity index (χ1v) is 11.3. The number of carbonyl (C=O) groups excluding carboxylic acids is 1. The summed E-state index contributed by atoms with van der Waals surface area (Å²) < 4.78 is 18.3. The van der Waals surface area contributed by atoms with E-state index in [1.807, 2.05) is 49.4 Å². The summed E-state index contributed by atoms with van der Waals surface area (Å²) in [5, 5.41) is 9.83. The summed E-state index contributed by atoms with van der Waals surface area (Å²) in [5.41, 5.74) is 8.55. The number of Topliss-reactive ketones (excluding diaryl/α,β-unsaturated/α-hetero) is 1. The van der Waals surface area contributed by atoms with Crippen molar-refractivity contribution < 1.29 is 19.0 Å². The van der Waals surface area contributed by atoms with Crippen LogP contribution in [0.15, 0.2) is 69.7 Å². The van der Waals surface area contributed by atoms with Gasteiger partial charge in [0.05, 0.1) is 12.5 Å². The van der Waals surface area contributed by atoms with Crippen molar-refractivity contribution in [3.63, 3.8) is 0 Å². The van der Waals surface area contributed by atoms with Crippen LogP contribution in [-0.2, 0) is 16.1 Å². The summed E-state index contributed by atoms with van der Waals surface area (Å²) in [6.45, 7) is 2.71. The van der Waals surface area contributed by atoms with Gasteiger partial charge < -0.3 is 19.9 Å². The number of hydrogen-bond acceptors (Lipinski definition) is 6. The molecule has 2 N–H and O–H groups in total. The molecule has 4 rings (SSSR count). The fraction of sp³-hybridized carbons (Fsp3) is 0.280. The molecule has 164 valence electrons. The average molecular weight is 495 g/mol. The van der Waals surface area contributed by atoms with Gasteiger partial charge in [0.2, 0.25) is 5.88 Å². The van der Waals surface area contributed by atoms with E-state index in [9.17, 15) is 10.1 Å². The Balaban J connectivity index is 1.77. The Hall–Kier alpha value is -3.24. The Morgan fingerprint density at radius 3 is 2.66 bits per heavy atom. The Morgan fingerprint density at radius 2 is 1.94 bits per heavy atom. The third-order valence-corrected chi connectivity index (χ3v) is 6.20. The Morgan fingerprint density at radius 1 is 1.19 bits per heavy atom. The molecule has 1 aliphatic heterocycles. The van der Waals surface area contributed by atoms with Crippen molar-refractivity contribution in [1.29, 1.82) is 5.26 Å². The number of allylic oxidation sites excluding steroid dienone is 3. The fourth-order valence-corrected chi connectivity index (χ4v) is 4.61. The van der Waals surface area contributed by atoms with Crippen molar-refractivity contribution in [1.82, 2.24) is 0 Å². The van der Waals surface area contributed by atoms with Crippen LogP contribution < -0.4 is 15.2 Å². The van der Waals surface area contributed by atoms with Crippen LogP contribution in [0.5, 0.6) is 11.5 Å². The molecule has 0 amide bonds. The highest BCUT2D eigenvalue weighted by Crippen LogP contribution is 2.47. The SMILES string of the molecule is CCOc1cc([C@H]2C(C#N)=C(N)OC3=C2C(=O)CCC3)c(Br)cc1OCc1ccccc1. The molecule has 0 unspecified atom stereocenters. The molecule has 0 fully saturated rings. The van der Waals surface area contributed by atoms with E-state index >= 15 is 0 Å². The van der Waals surface area contributed by atoms with Crippen molar-refractivity contribution in [3.8, 4) is 17.6 Å². The molecule has 0 radical (unpaired) electrons. The third kappa shape index (κ3) is 4.23. The first-order valence-electron chi connectivity index (χ1n) is 10.5. The summed E-state index contributed by atoms with van der Waals surface area (Å²) in [7, 11) is 0. The zero-order valence-corrected chi connectivity index (χ0v) is 19.3. The van der Waals surface area contributed by atoms with Crippen LogP contribution in [0.3, 0.4) is 0 Å². The van der Waals surface area contributed by atoms with Gasteiger partial charge in [0.1, 0.15) is 24.0 Å². The molecule has 0 saturated carbocycles. The number of nitrogens with two attached hydrogens (primary N) is 1. The van der Waals surface area contributed by atoms with Gasteiger partial charge in [-0.1, -0.05) is 46.3 Å². The lowest BCUT2D eigenvalue weighted by Gasteiger charge is -2.31. The van der Waals surface area contributed by atoms with Gasteiger partial charge in [-0.05, 0) is 36.6 Å². The van der Waals surface area contributed by atoms with Crippen molar-refractivity contribution in [2.75, 3.05) is 6.61 Å². The molecule has 1 atom stereocenters. The topological polar surface area (TPSA) is 94.6 Å². The van der Waals surface area contributed by atoms with Crippen molar-refractivity contribution in [2.24, 2.45) is 5.73 Å². The van der Waals surface area contributed by atoms with Gasteiger partial charge in [-0.15, -0.1) is 0 Å². The lowest BCUT2D eigenvalue weighted by atomic mass is 9.77. The number of ether oxygens (including phenoxy) is 3. The maximum atomic E-state index is 12.8. The average Bonchev–Trinajstić information content (AvgIpc) is 2.79. The molecule has 0 aromatic heterocycles. The number of ketones is 1. The van der Waals surface area contributed by atoms with Gasteiger partial charge in [0.15, 0.2) is 17.3 Å². The highest BCUT2D eigenvalue weighted by molar-refractivity contribution is 9.10. The minimum absolute atomic E-state index is 0.0224. The van der Waals surface area contributed by atoms with E-state index in [4.69, 9.17) is 19.9 Å². The van der Waals surface area contributed by atoms with Crippen LogP contribution in [-0.4, -0.2) is 12.4 Å². The zero-order valence-electron chi connectivity index (χ0n) is 17.7. The lowest BCUT2D eigenvalue weighted by Crippen LogP contribution is -2.27. The van der Waals surface area contributed by atoms with E-state index < -0.39 is 5.92 Å². The maximum absolute atomic E-state index is 12.8. The van der Waals surface area contributed by atoms with Crippen LogP contribution in [0, 0.1) is 11.3 Å². The summed E-state index contributed by atoms with van der Waals surface area (Å²) in [5.74, 6) is 1.06. The molecule has 2 aliphatic rings.